The van der Waals surface area contributed by atoms with Crippen LogP contribution in [0.2, 0.25) is 0 Å². The highest BCUT2D eigenvalue weighted by Gasteiger charge is 2.35. The minimum absolute atomic E-state index is 0.0637. The Balaban J connectivity index is 1.89. The molecule has 0 aromatic heterocycles. The number of nitrogens with zero attached hydrogens (tertiary/aromatic N) is 1. The standard InChI is InChI=1S/C22H27FN2O4/c1-29-19-10-9-16(13-17(19)23)21(27)20(22(28)25-11-5-6-12-25)24-18(14-26)15-7-3-2-4-8-15/h2-4,7-10,13,18,20-21,24,26-27H,5-6,11-12,14H2,1H3/t18?,20-,21+/m0/s1. The molecule has 156 valence electrons. The second-order valence-corrected chi connectivity index (χ2v) is 7.16. The molecular weight excluding hydrogens is 375 g/mol. The molecule has 0 bridgehead atoms. The maximum absolute atomic E-state index is 14.2. The van der Waals surface area contributed by atoms with Crippen LogP contribution < -0.4 is 10.1 Å². The molecule has 1 amide bonds. The summed E-state index contributed by atoms with van der Waals surface area (Å²) in [6.45, 7) is 0.989. The molecule has 0 aliphatic carbocycles. The molecule has 2 aromatic carbocycles. The van der Waals surface area contributed by atoms with Crippen molar-refractivity contribution < 1.29 is 24.1 Å². The molecule has 6 nitrogen and oxygen atoms in total. The van der Waals surface area contributed by atoms with E-state index in [0.29, 0.717) is 13.1 Å². The third-order valence-electron chi connectivity index (χ3n) is 5.28. The van der Waals surface area contributed by atoms with E-state index < -0.39 is 24.0 Å². The quantitative estimate of drug-likeness (QED) is 0.631. The lowest BCUT2D eigenvalue weighted by molar-refractivity contribution is -0.135. The highest BCUT2D eigenvalue weighted by Crippen LogP contribution is 2.27. The highest BCUT2D eigenvalue weighted by atomic mass is 19.1. The van der Waals surface area contributed by atoms with Crippen molar-refractivity contribution in [1.82, 2.24) is 10.2 Å². The van der Waals surface area contributed by atoms with Gasteiger partial charge in [-0.3, -0.25) is 10.1 Å². The molecule has 0 radical (unpaired) electrons. The Labute approximate surface area is 169 Å². The topological polar surface area (TPSA) is 82.0 Å². The lowest BCUT2D eigenvalue weighted by atomic mass is 9.98. The SMILES string of the molecule is COc1ccc([C@@H](O)[C@H](NC(CO)c2ccccc2)C(=O)N2CCCC2)cc1F. The lowest BCUT2D eigenvalue weighted by Gasteiger charge is -2.31. The van der Waals surface area contributed by atoms with Crippen LogP contribution in [0.15, 0.2) is 48.5 Å². The second-order valence-electron chi connectivity index (χ2n) is 7.16. The van der Waals surface area contributed by atoms with Gasteiger partial charge in [-0.05, 0) is 36.1 Å². The van der Waals surface area contributed by atoms with Gasteiger partial charge in [-0.25, -0.2) is 4.39 Å². The monoisotopic (exact) mass is 402 g/mol. The van der Waals surface area contributed by atoms with Crippen molar-refractivity contribution in [2.75, 3.05) is 26.8 Å². The van der Waals surface area contributed by atoms with Crippen molar-refractivity contribution >= 4 is 5.91 Å². The van der Waals surface area contributed by atoms with Crippen LogP contribution in [0.25, 0.3) is 0 Å². The molecule has 0 saturated carbocycles. The van der Waals surface area contributed by atoms with Gasteiger partial charge in [0, 0.05) is 13.1 Å². The fourth-order valence-corrected chi connectivity index (χ4v) is 3.65. The number of halogens is 1. The van der Waals surface area contributed by atoms with Gasteiger partial charge in [-0.15, -0.1) is 0 Å². The summed E-state index contributed by atoms with van der Waals surface area (Å²) >= 11 is 0. The Morgan fingerprint density at radius 3 is 2.45 bits per heavy atom. The number of carbonyl (C=O) groups is 1. The molecule has 1 heterocycles. The van der Waals surface area contributed by atoms with E-state index in [4.69, 9.17) is 4.74 Å². The third kappa shape index (κ3) is 4.93. The van der Waals surface area contributed by atoms with Gasteiger partial charge in [0.15, 0.2) is 11.6 Å². The Kier molecular flexibility index (Phi) is 7.19. The van der Waals surface area contributed by atoms with E-state index in [1.807, 2.05) is 30.3 Å². The van der Waals surface area contributed by atoms with E-state index in [0.717, 1.165) is 18.4 Å². The van der Waals surface area contributed by atoms with Crippen LogP contribution in [0, 0.1) is 5.82 Å². The van der Waals surface area contributed by atoms with Crippen molar-refractivity contribution in [1.29, 1.82) is 0 Å². The number of hydrogen-bond donors (Lipinski definition) is 3. The fraction of sp³-hybridized carbons (Fsp3) is 0.409. The van der Waals surface area contributed by atoms with Gasteiger partial charge in [-0.1, -0.05) is 36.4 Å². The number of aliphatic hydroxyl groups is 2. The van der Waals surface area contributed by atoms with Crippen molar-refractivity contribution in [2.45, 2.75) is 31.0 Å². The minimum Gasteiger partial charge on any atom is -0.494 e. The number of methoxy groups -OCH3 is 1. The average Bonchev–Trinajstić information content (AvgIpc) is 3.29. The predicted molar refractivity (Wildman–Crippen MR) is 107 cm³/mol. The predicted octanol–water partition coefficient (Wildman–Crippen LogP) is 2.18. The number of likely N-dealkylation sites (tertiary alicyclic amines) is 1. The third-order valence-corrected chi connectivity index (χ3v) is 5.28. The first kappa shape index (κ1) is 21.2. The summed E-state index contributed by atoms with van der Waals surface area (Å²) in [5.74, 6) is -0.812. The van der Waals surface area contributed by atoms with Crippen LogP contribution in [-0.4, -0.2) is 53.9 Å². The highest BCUT2D eigenvalue weighted by molar-refractivity contribution is 5.83. The molecule has 3 rings (SSSR count). The van der Waals surface area contributed by atoms with Crippen LogP contribution in [0.1, 0.15) is 36.1 Å². The minimum atomic E-state index is -1.29. The lowest BCUT2D eigenvalue weighted by Crippen LogP contribution is -2.50. The van der Waals surface area contributed by atoms with Crippen LogP contribution in [-0.2, 0) is 4.79 Å². The number of hydrogen-bond acceptors (Lipinski definition) is 5. The maximum Gasteiger partial charge on any atom is 0.242 e. The molecule has 2 aromatic rings. The van der Waals surface area contributed by atoms with E-state index in [-0.39, 0.29) is 23.8 Å². The Hall–Kier alpha value is -2.48. The van der Waals surface area contributed by atoms with Gasteiger partial charge >= 0.3 is 0 Å². The van der Waals surface area contributed by atoms with Gasteiger partial charge < -0.3 is 19.8 Å². The molecule has 0 spiro atoms. The molecule has 1 fully saturated rings. The Bertz CT molecular complexity index is 812. The molecule has 3 N–H and O–H groups in total. The first-order valence-corrected chi connectivity index (χ1v) is 9.77. The second kappa shape index (κ2) is 9.82. The van der Waals surface area contributed by atoms with Gasteiger partial charge in [0.1, 0.15) is 12.1 Å². The van der Waals surface area contributed by atoms with Crippen LogP contribution >= 0.6 is 0 Å². The van der Waals surface area contributed by atoms with Crippen molar-refractivity contribution in [3.63, 3.8) is 0 Å². The average molecular weight is 402 g/mol. The Morgan fingerprint density at radius 1 is 1.17 bits per heavy atom. The summed E-state index contributed by atoms with van der Waals surface area (Å²) in [5.41, 5.74) is 1.06. The number of rotatable bonds is 8. The van der Waals surface area contributed by atoms with Crippen molar-refractivity contribution in [3.8, 4) is 5.75 Å². The molecule has 1 aliphatic heterocycles. The fourth-order valence-electron chi connectivity index (χ4n) is 3.65. The smallest absolute Gasteiger partial charge is 0.242 e. The summed E-state index contributed by atoms with van der Waals surface area (Å²) in [5, 5.41) is 24.0. The van der Waals surface area contributed by atoms with Crippen LogP contribution in [0.5, 0.6) is 5.75 Å². The number of ether oxygens (including phenoxy) is 1. The molecule has 29 heavy (non-hydrogen) atoms. The maximum atomic E-state index is 14.2. The summed E-state index contributed by atoms with van der Waals surface area (Å²) in [6, 6.07) is 11.8. The number of aliphatic hydroxyl groups excluding tert-OH is 2. The van der Waals surface area contributed by atoms with Gasteiger partial charge in [0.05, 0.1) is 19.8 Å². The van der Waals surface area contributed by atoms with E-state index in [9.17, 15) is 19.4 Å². The molecule has 1 unspecified atom stereocenters. The normalized spacial score (nSPS) is 17.0. The number of nitrogens with one attached hydrogen (secondary N) is 1. The van der Waals surface area contributed by atoms with E-state index >= 15 is 0 Å². The molecular formula is C22H27FN2O4. The molecule has 1 saturated heterocycles. The van der Waals surface area contributed by atoms with Gasteiger partial charge in [0.25, 0.3) is 0 Å². The Morgan fingerprint density at radius 2 is 1.86 bits per heavy atom. The van der Waals surface area contributed by atoms with Gasteiger partial charge in [0.2, 0.25) is 5.91 Å². The van der Waals surface area contributed by atoms with Crippen LogP contribution in [0.3, 0.4) is 0 Å². The first-order chi connectivity index (χ1) is 14.0. The molecule has 7 heteroatoms. The molecule has 3 atom stereocenters. The zero-order chi connectivity index (χ0) is 20.8. The largest absolute Gasteiger partial charge is 0.494 e. The number of benzene rings is 2. The van der Waals surface area contributed by atoms with E-state index in [1.165, 1.54) is 25.3 Å². The zero-order valence-corrected chi connectivity index (χ0v) is 16.4. The van der Waals surface area contributed by atoms with Crippen molar-refractivity contribution in [3.05, 3.63) is 65.5 Å². The number of carbonyl (C=O) groups excluding carboxylic acids is 1. The summed E-state index contributed by atoms with van der Waals surface area (Å²) in [6.07, 6.45) is 0.531. The molecule has 1 aliphatic rings. The summed E-state index contributed by atoms with van der Waals surface area (Å²) in [4.78, 5) is 14.8. The van der Waals surface area contributed by atoms with E-state index in [1.54, 1.807) is 4.90 Å². The van der Waals surface area contributed by atoms with Crippen LogP contribution in [0.4, 0.5) is 4.39 Å². The summed E-state index contributed by atoms with van der Waals surface area (Å²) < 4.78 is 19.1. The zero-order valence-electron chi connectivity index (χ0n) is 16.4. The first-order valence-electron chi connectivity index (χ1n) is 9.77. The van der Waals surface area contributed by atoms with E-state index in [2.05, 4.69) is 5.32 Å². The van der Waals surface area contributed by atoms with Gasteiger partial charge in [-0.2, -0.15) is 0 Å². The summed E-state index contributed by atoms with van der Waals surface area (Å²) in [7, 11) is 1.36. The van der Waals surface area contributed by atoms with Crippen molar-refractivity contribution in [2.24, 2.45) is 0 Å². The number of amides is 1.